The number of rotatable bonds is 9. The third-order valence-electron chi connectivity index (χ3n) is 7.15. The van der Waals surface area contributed by atoms with Crippen LogP contribution in [0.15, 0.2) is 72.9 Å². The summed E-state index contributed by atoms with van der Waals surface area (Å²) in [4.78, 5) is 19.0. The van der Waals surface area contributed by atoms with Gasteiger partial charge in [-0.3, -0.25) is 4.98 Å². The number of esters is 1. The second-order valence-electron chi connectivity index (χ2n) is 9.66. The van der Waals surface area contributed by atoms with Crippen molar-refractivity contribution in [3.63, 3.8) is 0 Å². The van der Waals surface area contributed by atoms with Gasteiger partial charge in [-0.05, 0) is 86.2 Å². The third kappa shape index (κ3) is 5.66. The lowest BCUT2D eigenvalue weighted by atomic mass is 9.96. The quantitative estimate of drug-likeness (QED) is 0.142. The van der Waals surface area contributed by atoms with Gasteiger partial charge in [0.1, 0.15) is 12.4 Å². The molecule has 1 aliphatic rings. The minimum atomic E-state index is -0.382. The van der Waals surface area contributed by atoms with E-state index < -0.39 is 0 Å². The zero-order valence-corrected chi connectivity index (χ0v) is 24.8. The first-order valence-electron chi connectivity index (χ1n) is 13.1. The molecular formula is C31H31ClN4O4S. The summed E-state index contributed by atoms with van der Waals surface area (Å²) in [6.45, 7) is 4.98. The number of carbonyl (C=O) groups is 1. The number of nitrogens with one attached hydrogen (secondary N) is 1. The molecule has 10 heteroatoms. The molecule has 0 amide bonds. The molecule has 5 rings (SSSR count). The highest BCUT2D eigenvalue weighted by Crippen LogP contribution is 2.45. The molecule has 4 aromatic rings. The van der Waals surface area contributed by atoms with Crippen LogP contribution in [0.2, 0.25) is 5.02 Å². The highest BCUT2D eigenvalue weighted by molar-refractivity contribution is 7.80. The Morgan fingerprint density at radius 2 is 1.85 bits per heavy atom. The van der Waals surface area contributed by atoms with Crippen LogP contribution in [0.4, 0.5) is 5.69 Å². The van der Waals surface area contributed by atoms with E-state index in [4.69, 9.17) is 38.0 Å². The zero-order chi connectivity index (χ0) is 29.1. The van der Waals surface area contributed by atoms with Gasteiger partial charge in [-0.1, -0.05) is 23.7 Å². The summed E-state index contributed by atoms with van der Waals surface area (Å²) in [7, 11) is 3.01. The molecule has 41 heavy (non-hydrogen) atoms. The molecule has 0 unspecified atom stereocenters. The fourth-order valence-electron chi connectivity index (χ4n) is 5.31. The van der Waals surface area contributed by atoms with E-state index >= 15 is 0 Å². The van der Waals surface area contributed by atoms with Crippen LogP contribution in [-0.2, 0) is 9.47 Å². The van der Waals surface area contributed by atoms with Crippen molar-refractivity contribution < 1.29 is 19.0 Å². The van der Waals surface area contributed by atoms with Crippen LogP contribution in [0.5, 0.6) is 5.75 Å². The summed E-state index contributed by atoms with van der Waals surface area (Å²) in [6.07, 6.45) is 1.78. The van der Waals surface area contributed by atoms with E-state index in [-0.39, 0.29) is 18.1 Å². The molecule has 1 N–H and O–H groups in total. The van der Waals surface area contributed by atoms with Crippen molar-refractivity contribution in [1.82, 2.24) is 14.9 Å². The Morgan fingerprint density at radius 1 is 1.02 bits per heavy atom. The van der Waals surface area contributed by atoms with E-state index in [1.54, 1.807) is 19.4 Å². The summed E-state index contributed by atoms with van der Waals surface area (Å²) in [5.74, 6) is 0.194. The number of benzene rings is 2. The molecule has 0 spiro atoms. The number of pyridine rings is 1. The van der Waals surface area contributed by atoms with Gasteiger partial charge in [0.25, 0.3) is 0 Å². The second-order valence-corrected chi connectivity index (χ2v) is 10.5. The van der Waals surface area contributed by atoms with Crippen molar-refractivity contribution in [1.29, 1.82) is 0 Å². The van der Waals surface area contributed by atoms with Crippen molar-refractivity contribution in [2.24, 2.45) is 0 Å². The topological polar surface area (TPSA) is 77.9 Å². The molecule has 1 saturated heterocycles. The molecule has 0 saturated carbocycles. The Labute approximate surface area is 249 Å². The summed E-state index contributed by atoms with van der Waals surface area (Å²) in [5, 5.41) is 4.54. The Hall–Kier alpha value is -3.92. The lowest BCUT2D eigenvalue weighted by molar-refractivity contribution is 0.0600. The van der Waals surface area contributed by atoms with Gasteiger partial charge in [-0.2, -0.15) is 0 Å². The van der Waals surface area contributed by atoms with Gasteiger partial charge < -0.3 is 29.0 Å². The highest BCUT2D eigenvalue weighted by atomic mass is 35.5. The molecule has 2 aromatic heterocycles. The van der Waals surface area contributed by atoms with Crippen LogP contribution in [0.3, 0.4) is 0 Å². The fraction of sp³-hybridized carbons (Fsp3) is 0.258. The van der Waals surface area contributed by atoms with E-state index in [9.17, 15) is 4.79 Å². The number of aromatic nitrogens is 2. The maximum atomic E-state index is 12.2. The molecule has 3 heterocycles. The third-order valence-corrected chi connectivity index (χ3v) is 7.76. The molecule has 212 valence electrons. The SMILES string of the molecule is COCCOc1ccc(N2C(=S)N[C@@H](c3ccccn3)[C@@H]2c2cc(C)n(-c3cccc(C(=O)OC)c3)c2C)cc1Cl. The van der Waals surface area contributed by atoms with Crippen LogP contribution in [0, 0.1) is 13.8 Å². The predicted molar refractivity (Wildman–Crippen MR) is 163 cm³/mol. The second kappa shape index (κ2) is 12.3. The number of ether oxygens (including phenoxy) is 3. The average molecular weight is 591 g/mol. The molecular weight excluding hydrogens is 560 g/mol. The number of carbonyl (C=O) groups excluding carboxylic acids is 1. The van der Waals surface area contributed by atoms with Gasteiger partial charge in [0.05, 0.1) is 42.1 Å². The number of aryl methyl sites for hydroxylation is 1. The van der Waals surface area contributed by atoms with Crippen molar-refractivity contribution in [3.8, 4) is 11.4 Å². The summed E-state index contributed by atoms with van der Waals surface area (Å²) in [5.41, 5.74) is 6.13. The lowest BCUT2D eigenvalue weighted by Gasteiger charge is -2.28. The first kappa shape index (κ1) is 28.6. The van der Waals surface area contributed by atoms with Crippen molar-refractivity contribution in [3.05, 3.63) is 106 Å². The molecule has 0 bridgehead atoms. The number of hydrogen-bond donors (Lipinski definition) is 1. The zero-order valence-electron chi connectivity index (χ0n) is 23.3. The summed E-state index contributed by atoms with van der Waals surface area (Å²) >= 11 is 12.6. The van der Waals surface area contributed by atoms with Crippen molar-refractivity contribution in [2.45, 2.75) is 25.9 Å². The first-order chi connectivity index (χ1) is 19.8. The minimum absolute atomic E-state index is 0.226. The molecule has 2 aromatic carbocycles. The number of halogens is 1. The molecule has 1 aliphatic heterocycles. The van der Waals surface area contributed by atoms with Crippen LogP contribution in [-0.4, -0.2) is 48.1 Å². The number of methoxy groups -OCH3 is 2. The van der Waals surface area contributed by atoms with Crippen LogP contribution < -0.4 is 15.0 Å². The molecule has 1 fully saturated rings. The fourth-order valence-corrected chi connectivity index (χ4v) is 5.89. The maximum absolute atomic E-state index is 12.2. The Bertz CT molecular complexity index is 1580. The molecule has 2 atom stereocenters. The predicted octanol–water partition coefficient (Wildman–Crippen LogP) is 6.13. The van der Waals surface area contributed by atoms with Crippen molar-refractivity contribution >= 4 is 40.6 Å². The summed E-state index contributed by atoms with van der Waals surface area (Å²) < 4.78 is 17.9. The van der Waals surface area contributed by atoms with Gasteiger partial charge in [0, 0.05) is 36.1 Å². The van der Waals surface area contributed by atoms with Crippen molar-refractivity contribution in [2.75, 3.05) is 32.3 Å². The van der Waals surface area contributed by atoms with E-state index in [1.807, 2.05) is 61.5 Å². The Kier molecular flexibility index (Phi) is 8.58. The normalized spacial score (nSPS) is 16.5. The smallest absolute Gasteiger partial charge is 0.337 e. The van der Waals surface area contributed by atoms with E-state index in [1.165, 1.54) is 7.11 Å². The van der Waals surface area contributed by atoms with E-state index in [2.05, 4.69) is 32.8 Å². The number of thiocarbonyl (C=S) groups is 1. The Morgan fingerprint density at radius 3 is 2.56 bits per heavy atom. The summed E-state index contributed by atoms with van der Waals surface area (Å²) in [6, 6.07) is 20.6. The van der Waals surface area contributed by atoms with Gasteiger partial charge in [0.15, 0.2) is 5.11 Å². The molecule has 0 aliphatic carbocycles. The maximum Gasteiger partial charge on any atom is 0.337 e. The minimum Gasteiger partial charge on any atom is -0.490 e. The number of anilines is 1. The van der Waals surface area contributed by atoms with E-state index in [0.29, 0.717) is 34.7 Å². The standard InChI is InChI=1S/C31H31ClN4O4S/c1-19-16-24(20(2)35(19)22-9-7-8-21(17-22)30(37)39-4)29-28(26-10-5-6-13-33-26)34-31(41)36(29)23-11-12-27(25(32)18-23)40-15-14-38-3/h5-13,16-18,28-29H,14-15H2,1-4H3,(H,34,41)/t28-,29-/m0/s1. The number of hydrogen-bond acceptors (Lipinski definition) is 6. The van der Waals surface area contributed by atoms with Crippen LogP contribution in [0.1, 0.15) is 45.1 Å². The monoisotopic (exact) mass is 590 g/mol. The van der Waals surface area contributed by atoms with E-state index in [0.717, 1.165) is 34.0 Å². The molecule has 0 radical (unpaired) electrons. The van der Waals surface area contributed by atoms with Gasteiger partial charge >= 0.3 is 5.97 Å². The Balaban J connectivity index is 1.60. The van der Waals surface area contributed by atoms with Crippen LogP contribution in [0.25, 0.3) is 5.69 Å². The van der Waals surface area contributed by atoms with Crippen LogP contribution >= 0.6 is 23.8 Å². The van der Waals surface area contributed by atoms with Gasteiger partial charge in [-0.25, -0.2) is 4.79 Å². The lowest BCUT2D eigenvalue weighted by Crippen LogP contribution is -2.29. The van der Waals surface area contributed by atoms with Gasteiger partial charge in [-0.15, -0.1) is 0 Å². The van der Waals surface area contributed by atoms with Gasteiger partial charge in [0.2, 0.25) is 0 Å². The average Bonchev–Trinajstić information content (AvgIpc) is 3.48. The molecule has 8 nitrogen and oxygen atoms in total. The first-order valence-corrected chi connectivity index (χ1v) is 13.9. The number of nitrogens with zero attached hydrogens (tertiary/aromatic N) is 3. The largest absolute Gasteiger partial charge is 0.490 e. The highest BCUT2D eigenvalue weighted by Gasteiger charge is 2.42.